The lowest BCUT2D eigenvalue weighted by Crippen LogP contribution is -2.62. The van der Waals surface area contributed by atoms with E-state index in [4.69, 9.17) is 0 Å². The summed E-state index contributed by atoms with van der Waals surface area (Å²) in [7, 11) is 0. The molecule has 1 heterocycles. The second kappa shape index (κ2) is 3.76. The van der Waals surface area contributed by atoms with E-state index in [9.17, 15) is 9.90 Å². The second-order valence-electron chi connectivity index (χ2n) is 8.93. The Hall–Kier alpha value is -0.770. The smallest absolute Gasteiger partial charge is 0.318 e. The van der Waals surface area contributed by atoms with Crippen molar-refractivity contribution in [2.75, 3.05) is 6.54 Å². The Kier molecular flexibility index (Phi) is 2.28. The van der Waals surface area contributed by atoms with E-state index in [1.165, 1.54) is 25.7 Å². The van der Waals surface area contributed by atoms with Crippen molar-refractivity contribution in [2.24, 2.45) is 23.7 Å². The summed E-state index contributed by atoms with van der Waals surface area (Å²) in [6, 6.07) is 0.552. The Morgan fingerprint density at radius 3 is 2.43 bits per heavy atom. The van der Waals surface area contributed by atoms with Crippen LogP contribution in [-0.2, 0) is 0 Å². The molecule has 0 aromatic rings. The van der Waals surface area contributed by atoms with E-state index >= 15 is 0 Å². The molecule has 0 aromatic carbocycles. The van der Waals surface area contributed by atoms with Crippen LogP contribution in [0.15, 0.2) is 0 Å². The van der Waals surface area contributed by atoms with Gasteiger partial charge in [-0.15, -0.1) is 0 Å². The predicted octanol–water partition coefficient (Wildman–Crippen LogP) is 2.12. The van der Waals surface area contributed by atoms with Gasteiger partial charge in [0, 0.05) is 12.6 Å². The molecule has 2 N–H and O–H groups in total. The zero-order valence-corrected chi connectivity index (χ0v) is 12.8. The van der Waals surface area contributed by atoms with Crippen LogP contribution in [0, 0.1) is 23.7 Å². The molecule has 1 saturated heterocycles. The molecule has 4 heteroatoms. The van der Waals surface area contributed by atoms with Crippen molar-refractivity contribution < 1.29 is 9.90 Å². The molecule has 116 valence electrons. The molecular formula is C17H26N2O2. The van der Waals surface area contributed by atoms with E-state index < -0.39 is 5.60 Å². The van der Waals surface area contributed by atoms with Crippen LogP contribution in [0.3, 0.4) is 0 Å². The summed E-state index contributed by atoms with van der Waals surface area (Å²) in [6.07, 6.45) is 7.86. The largest absolute Gasteiger partial charge is 0.390 e. The average Bonchev–Trinajstić information content (AvgIpc) is 3.15. The predicted molar refractivity (Wildman–Crippen MR) is 78.7 cm³/mol. The number of carbonyl (C=O) groups is 1. The van der Waals surface area contributed by atoms with Gasteiger partial charge in [0.05, 0.1) is 11.1 Å². The molecule has 4 nitrogen and oxygen atoms in total. The summed E-state index contributed by atoms with van der Waals surface area (Å²) in [5.41, 5.74) is -0.397. The molecule has 3 atom stereocenters. The second-order valence-corrected chi connectivity index (χ2v) is 8.93. The number of urea groups is 1. The summed E-state index contributed by atoms with van der Waals surface area (Å²) in [6.45, 7) is 3.11. The van der Waals surface area contributed by atoms with Crippen LogP contribution in [0.25, 0.3) is 0 Å². The fourth-order valence-corrected chi connectivity index (χ4v) is 6.44. The van der Waals surface area contributed by atoms with Crippen LogP contribution in [0.2, 0.25) is 0 Å². The molecule has 6 fully saturated rings. The number of rotatable bonds is 2. The molecule has 1 aliphatic heterocycles. The normalized spacial score (nSPS) is 55.1. The Morgan fingerprint density at radius 1 is 1.19 bits per heavy atom. The summed E-state index contributed by atoms with van der Waals surface area (Å²) >= 11 is 0. The molecule has 21 heavy (non-hydrogen) atoms. The highest BCUT2D eigenvalue weighted by Gasteiger charge is 2.59. The van der Waals surface area contributed by atoms with Crippen molar-refractivity contribution >= 4 is 6.03 Å². The molecule has 4 bridgehead atoms. The summed E-state index contributed by atoms with van der Waals surface area (Å²) in [5, 5.41) is 14.0. The maximum atomic E-state index is 12.6. The molecule has 5 saturated carbocycles. The number of carbonyl (C=O) groups excluding carboxylic acids is 1. The van der Waals surface area contributed by atoms with Crippen LogP contribution < -0.4 is 5.32 Å². The van der Waals surface area contributed by atoms with Crippen LogP contribution in [0.5, 0.6) is 0 Å². The lowest BCUT2D eigenvalue weighted by atomic mass is 9.52. The van der Waals surface area contributed by atoms with Crippen LogP contribution in [-0.4, -0.2) is 39.8 Å². The van der Waals surface area contributed by atoms with Gasteiger partial charge < -0.3 is 15.3 Å². The highest BCUT2D eigenvalue weighted by Crippen LogP contribution is 2.57. The Bertz CT molecular complexity index is 487. The lowest BCUT2D eigenvalue weighted by Gasteiger charge is -2.59. The zero-order valence-electron chi connectivity index (χ0n) is 12.8. The van der Waals surface area contributed by atoms with Gasteiger partial charge in [0.1, 0.15) is 0 Å². The third-order valence-electron chi connectivity index (χ3n) is 7.18. The van der Waals surface area contributed by atoms with Crippen molar-refractivity contribution in [3.8, 4) is 0 Å². The topological polar surface area (TPSA) is 52.6 Å². The number of hydrogen-bond acceptors (Lipinski definition) is 2. The minimum Gasteiger partial charge on any atom is -0.390 e. The van der Waals surface area contributed by atoms with E-state index in [-0.39, 0.29) is 11.6 Å². The van der Waals surface area contributed by atoms with Gasteiger partial charge in [0.15, 0.2) is 0 Å². The Balaban J connectivity index is 1.42. The molecule has 5 aliphatic carbocycles. The van der Waals surface area contributed by atoms with Gasteiger partial charge in [-0.05, 0) is 75.5 Å². The average molecular weight is 290 g/mol. The maximum Gasteiger partial charge on any atom is 0.318 e. The third kappa shape index (κ3) is 1.74. The SMILES string of the molecule is C[C@]1(C2CC2)CN(C2C3CC4CC2CC(O)(C4)C3)C(=O)N1. The van der Waals surface area contributed by atoms with Gasteiger partial charge in [-0.1, -0.05) is 0 Å². The monoisotopic (exact) mass is 290 g/mol. The first-order chi connectivity index (χ1) is 9.96. The first-order valence-electron chi connectivity index (χ1n) is 8.77. The van der Waals surface area contributed by atoms with Gasteiger partial charge >= 0.3 is 6.03 Å². The summed E-state index contributed by atoms with van der Waals surface area (Å²) < 4.78 is 0. The van der Waals surface area contributed by atoms with Gasteiger partial charge in [-0.3, -0.25) is 0 Å². The highest BCUT2D eigenvalue weighted by atomic mass is 16.3. The maximum absolute atomic E-state index is 12.6. The standard InChI is InChI=1S/C17H26N2O2/c1-16(13-2-3-13)9-19(15(20)18-16)14-11-4-10-5-12(14)8-17(21,6-10)7-11/h10-14,21H,2-9H2,1H3,(H,18,20)/t10?,11?,12?,14?,16-,17?/m1/s1. The Labute approximate surface area is 126 Å². The van der Waals surface area contributed by atoms with E-state index in [0.717, 1.165) is 25.8 Å². The molecular weight excluding hydrogens is 264 g/mol. The van der Waals surface area contributed by atoms with Gasteiger partial charge in [0.25, 0.3) is 0 Å². The molecule has 0 spiro atoms. The minimum atomic E-state index is -0.400. The van der Waals surface area contributed by atoms with E-state index in [1.807, 2.05) is 0 Å². The van der Waals surface area contributed by atoms with Crippen LogP contribution in [0.1, 0.15) is 51.9 Å². The van der Waals surface area contributed by atoms with Crippen molar-refractivity contribution in [3.63, 3.8) is 0 Å². The van der Waals surface area contributed by atoms with Crippen LogP contribution in [0.4, 0.5) is 4.79 Å². The third-order valence-corrected chi connectivity index (χ3v) is 7.18. The number of hydrogen-bond donors (Lipinski definition) is 2. The van der Waals surface area contributed by atoms with Crippen molar-refractivity contribution in [2.45, 2.75) is 69.1 Å². The van der Waals surface area contributed by atoms with E-state index in [2.05, 4.69) is 17.1 Å². The molecule has 6 aliphatic rings. The van der Waals surface area contributed by atoms with Gasteiger partial charge in [0.2, 0.25) is 0 Å². The van der Waals surface area contributed by atoms with Crippen molar-refractivity contribution in [1.29, 1.82) is 0 Å². The van der Waals surface area contributed by atoms with Crippen molar-refractivity contribution in [1.82, 2.24) is 10.2 Å². The summed E-state index contributed by atoms with van der Waals surface area (Å²) in [4.78, 5) is 14.7. The molecule has 2 amide bonds. The van der Waals surface area contributed by atoms with Gasteiger partial charge in [-0.2, -0.15) is 0 Å². The number of nitrogens with zero attached hydrogens (tertiary/aromatic N) is 1. The molecule has 0 radical (unpaired) electrons. The molecule has 6 rings (SSSR count). The molecule has 0 aromatic heterocycles. The fourth-order valence-electron chi connectivity index (χ4n) is 6.44. The van der Waals surface area contributed by atoms with Crippen LogP contribution >= 0.6 is 0 Å². The minimum absolute atomic E-state index is 0.00263. The fraction of sp³-hybridized carbons (Fsp3) is 0.941. The number of amides is 2. The molecule has 2 unspecified atom stereocenters. The number of aliphatic hydroxyl groups is 1. The summed E-state index contributed by atoms with van der Waals surface area (Å²) in [5.74, 6) is 2.47. The zero-order chi connectivity index (χ0) is 14.4. The van der Waals surface area contributed by atoms with E-state index in [0.29, 0.717) is 29.7 Å². The van der Waals surface area contributed by atoms with Gasteiger partial charge in [-0.25, -0.2) is 4.79 Å². The Morgan fingerprint density at radius 2 is 1.86 bits per heavy atom. The first-order valence-corrected chi connectivity index (χ1v) is 8.77. The lowest BCUT2D eigenvalue weighted by molar-refractivity contribution is -0.152. The van der Waals surface area contributed by atoms with E-state index in [1.54, 1.807) is 0 Å². The highest BCUT2D eigenvalue weighted by molar-refractivity contribution is 5.78. The number of nitrogens with one attached hydrogen (secondary N) is 1. The quantitative estimate of drug-likeness (QED) is 0.818. The first kappa shape index (κ1) is 12.7. The van der Waals surface area contributed by atoms with Crippen molar-refractivity contribution in [3.05, 3.63) is 0 Å².